The third-order valence-electron chi connectivity index (χ3n) is 4.02. The summed E-state index contributed by atoms with van der Waals surface area (Å²) in [6.45, 7) is 3.21. The van der Waals surface area contributed by atoms with Gasteiger partial charge in [-0.1, -0.05) is 28.9 Å². The van der Waals surface area contributed by atoms with Gasteiger partial charge in [0.15, 0.2) is 0 Å². The summed E-state index contributed by atoms with van der Waals surface area (Å²) in [4.78, 5) is 7.43. The zero-order chi connectivity index (χ0) is 12.5. The molecule has 0 saturated carbocycles. The van der Waals surface area contributed by atoms with Gasteiger partial charge < -0.3 is 4.84 Å². The smallest absolute Gasteiger partial charge is 0.106 e. The maximum Gasteiger partial charge on any atom is 0.106 e. The first-order valence-electron chi connectivity index (χ1n) is 6.35. The minimum atomic E-state index is 0.500. The van der Waals surface area contributed by atoms with E-state index in [-0.39, 0.29) is 0 Å². The van der Waals surface area contributed by atoms with Crippen molar-refractivity contribution < 1.29 is 4.84 Å². The second-order valence-corrected chi connectivity index (χ2v) is 5.49. The number of hydrogen-bond acceptors (Lipinski definition) is 3. The Labute approximate surface area is 112 Å². The van der Waals surface area contributed by atoms with Gasteiger partial charge in [0.1, 0.15) is 7.11 Å². The summed E-state index contributed by atoms with van der Waals surface area (Å²) in [5, 5.41) is 5.01. The molecular formula is C14H17ClN2O. The second-order valence-electron chi connectivity index (χ2n) is 5.05. The standard InChI is InChI=1S/C14H17ClN2O/c1-18-16-14-9-17-7-6-12(13(14)8-17)10-2-4-11(15)5-3-10/h2-5,12-13H,6-9H2,1H3/t12-,13?/m1/s1. The molecule has 1 aromatic rings. The van der Waals surface area contributed by atoms with Crippen LogP contribution in [0.3, 0.4) is 0 Å². The molecule has 3 atom stereocenters. The summed E-state index contributed by atoms with van der Waals surface area (Å²) in [6, 6.07) is 8.24. The molecule has 4 heteroatoms. The Balaban J connectivity index is 1.88. The number of piperidine rings is 1. The van der Waals surface area contributed by atoms with Crippen LogP contribution in [0.25, 0.3) is 0 Å². The fraction of sp³-hybridized carbons (Fsp3) is 0.500. The predicted octanol–water partition coefficient (Wildman–Crippen LogP) is 2.76. The molecule has 2 bridgehead atoms. The molecule has 1 aromatic carbocycles. The molecule has 0 radical (unpaired) electrons. The van der Waals surface area contributed by atoms with Crippen molar-refractivity contribution >= 4 is 17.3 Å². The van der Waals surface area contributed by atoms with Gasteiger partial charge in [-0.05, 0) is 36.6 Å². The average molecular weight is 265 g/mol. The number of halogens is 1. The molecule has 2 heterocycles. The van der Waals surface area contributed by atoms with E-state index in [1.165, 1.54) is 17.7 Å². The van der Waals surface area contributed by atoms with E-state index in [2.05, 4.69) is 22.2 Å². The van der Waals surface area contributed by atoms with Gasteiger partial charge in [0.25, 0.3) is 0 Å². The van der Waals surface area contributed by atoms with Crippen molar-refractivity contribution in [2.75, 3.05) is 26.7 Å². The molecule has 0 amide bonds. The van der Waals surface area contributed by atoms with Gasteiger partial charge in [-0.25, -0.2) is 0 Å². The van der Waals surface area contributed by atoms with Gasteiger partial charge in [-0.3, -0.25) is 4.90 Å². The molecule has 0 spiro atoms. The van der Waals surface area contributed by atoms with Crippen LogP contribution in [0, 0.1) is 5.92 Å². The Morgan fingerprint density at radius 3 is 2.78 bits per heavy atom. The SMILES string of the molecule is CON=C1CN2CC[C@H](c3ccc(Cl)cc3)C1C2. The van der Waals surface area contributed by atoms with E-state index in [1.807, 2.05) is 12.1 Å². The number of oxime groups is 1. The lowest BCUT2D eigenvalue weighted by Crippen LogP contribution is -2.31. The molecule has 2 fully saturated rings. The molecule has 2 saturated heterocycles. The summed E-state index contributed by atoms with van der Waals surface area (Å²) in [5.41, 5.74) is 2.56. The average Bonchev–Trinajstić information content (AvgIpc) is 2.69. The Kier molecular flexibility index (Phi) is 3.27. The van der Waals surface area contributed by atoms with Crippen LogP contribution in [0.4, 0.5) is 0 Å². The van der Waals surface area contributed by atoms with Crippen LogP contribution in [0.1, 0.15) is 17.9 Å². The number of rotatable bonds is 2. The van der Waals surface area contributed by atoms with E-state index in [4.69, 9.17) is 16.4 Å². The molecule has 18 heavy (non-hydrogen) atoms. The van der Waals surface area contributed by atoms with Crippen LogP contribution in [0.2, 0.25) is 5.02 Å². The lowest BCUT2D eigenvalue weighted by molar-refractivity contribution is 0.210. The molecule has 3 rings (SSSR count). The van der Waals surface area contributed by atoms with E-state index in [0.717, 1.165) is 24.7 Å². The van der Waals surface area contributed by atoms with Crippen LogP contribution in [0.15, 0.2) is 29.4 Å². The van der Waals surface area contributed by atoms with Crippen molar-refractivity contribution in [2.24, 2.45) is 11.1 Å². The first-order valence-corrected chi connectivity index (χ1v) is 6.73. The monoisotopic (exact) mass is 264 g/mol. The van der Waals surface area contributed by atoms with Gasteiger partial charge in [0.05, 0.1) is 5.71 Å². The summed E-state index contributed by atoms with van der Waals surface area (Å²) >= 11 is 5.96. The van der Waals surface area contributed by atoms with E-state index < -0.39 is 0 Å². The Morgan fingerprint density at radius 1 is 1.28 bits per heavy atom. The third-order valence-corrected chi connectivity index (χ3v) is 4.27. The summed E-state index contributed by atoms with van der Waals surface area (Å²) in [6.07, 6.45) is 1.19. The van der Waals surface area contributed by atoms with Crippen molar-refractivity contribution in [1.82, 2.24) is 4.90 Å². The number of hydrogen-bond donors (Lipinski definition) is 0. The summed E-state index contributed by atoms with van der Waals surface area (Å²) in [5.74, 6) is 1.05. The number of nitrogens with zero attached hydrogens (tertiary/aromatic N) is 2. The molecule has 2 unspecified atom stereocenters. The first-order chi connectivity index (χ1) is 8.78. The molecule has 0 aromatic heterocycles. The van der Waals surface area contributed by atoms with Gasteiger partial charge in [0, 0.05) is 24.0 Å². The maximum atomic E-state index is 5.96. The van der Waals surface area contributed by atoms with Crippen molar-refractivity contribution in [3.8, 4) is 0 Å². The Morgan fingerprint density at radius 2 is 2.06 bits per heavy atom. The van der Waals surface area contributed by atoms with E-state index in [1.54, 1.807) is 7.11 Å². The highest BCUT2D eigenvalue weighted by molar-refractivity contribution is 6.30. The topological polar surface area (TPSA) is 24.8 Å². The van der Waals surface area contributed by atoms with Crippen LogP contribution in [-0.2, 0) is 4.84 Å². The largest absolute Gasteiger partial charge is 0.399 e. The molecule has 96 valence electrons. The fourth-order valence-electron chi connectivity index (χ4n) is 3.17. The van der Waals surface area contributed by atoms with Crippen LogP contribution >= 0.6 is 11.6 Å². The van der Waals surface area contributed by atoms with Crippen molar-refractivity contribution in [3.05, 3.63) is 34.9 Å². The minimum absolute atomic E-state index is 0.500. The van der Waals surface area contributed by atoms with Crippen molar-refractivity contribution in [3.63, 3.8) is 0 Å². The van der Waals surface area contributed by atoms with Gasteiger partial charge in [-0.15, -0.1) is 0 Å². The fourth-order valence-corrected chi connectivity index (χ4v) is 3.30. The molecule has 0 N–H and O–H groups in total. The number of fused-ring (bicyclic) bond motifs is 2. The van der Waals surface area contributed by atoms with E-state index >= 15 is 0 Å². The lowest BCUT2D eigenvalue weighted by atomic mass is 9.81. The van der Waals surface area contributed by atoms with Crippen LogP contribution in [-0.4, -0.2) is 37.4 Å². The highest BCUT2D eigenvalue weighted by atomic mass is 35.5. The molecule has 3 nitrogen and oxygen atoms in total. The second kappa shape index (κ2) is 4.90. The van der Waals surface area contributed by atoms with Crippen molar-refractivity contribution in [2.45, 2.75) is 12.3 Å². The first kappa shape index (κ1) is 12.0. The Bertz CT molecular complexity index is 457. The Hall–Kier alpha value is -1.06. The highest BCUT2D eigenvalue weighted by Crippen LogP contribution is 2.38. The van der Waals surface area contributed by atoms with Gasteiger partial charge in [-0.2, -0.15) is 0 Å². The predicted molar refractivity (Wildman–Crippen MR) is 73.2 cm³/mol. The highest BCUT2D eigenvalue weighted by Gasteiger charge is 2.40. The van der Waals surface area contributed by atoms with Crippen LogP contribution in [0.5, 0.6) is 0 Å². The van der Waals surface area contributed by atoms with Crippen LogP contribution < -0.4 is 0 Å². The normalized spacial score (nSPS) is 32.8. The molecule has 0 aliphatic carbocycles. The van der Waals surface area contributed by atoms with Gasteiger partial charge >= 0.3 is 0 Å². The summed E-state index contributed by atoms with van der Waals surface area (Å²) in [7, 11) is 1.63. The summed E-state index contributed by atoms with van der Waals surface area (Å²) < 4.78 is 0. The maximum absolute atomic E-state index is 5.96. The van der Waals surface area contributed by atoms with E-state index in [9.17, 15) is 0 Å². The lowest BCUT2D eigenvalue weighted by Gasteiger charge is -2.30. The van der Waals surface area contributed by atoms with Gasteiger partial charge in [0.2, 0.25) is 0 Å². The number of benzene rings is 1. The molecule has 2 aliphatic rings. The molecular weight excluding hydrogens is 248 g/mol. The minimum Gasteiger partial charge on any atom is -0.399 e. The van der Waals surface area contributed by atoms with Crippen molar-refractivity contribution in [1.29, 1.82) is 0 Å². The van der Waals surface area contributed by atoms with E-state index in [0.29, 0.717) is 11.8 Å². The molecule has 2 aliphatic heterocycles. The zero-order valence-corrected chi connectivity index (χ0v) is 11.2. The third kappa shape index (κ3) is 2.13. The quantitative estimate of drug-likeness (QED) is 0.768. The zero-order valence-electron chi connectivity index (χ0n) is 10.5.